The molecule has 2 atom stereocenters. The van der Waals surface area contributed by atoms with Crippen LogP contribution in [0.3, 0.4) is 0 Å². The van der Waals surface area contributed by atoms with Crippen LogP contribution in [0, 0.1) is 0 Å². The highest BCUT2D eigenvalue weighted by Crippen LogP contribution is 2.10. The van der Waals surface area contributed by atoms with Gasteiger partial charge in [0.05, 0.1) is 0 Å². The third kappa shape index (κ3) is 4.60. The molecule has 5 N–H and O–H groups in total. The molecule has 0 saturated heterocycles. The first kappa shape index (κ1) is 15.6. The molecule has 0 aliphatic rings. The van der Waals surface area contributed by atoms with Gasteiger partial charge >= 0.3 is 11.9 Å². The van der Waals surface area contributed by atoms with Gasteiger partial charge in [0.15, 0.2) is 5.66 Å². The summed E-state index contributed by atoms with van der Waals surface area (Å²) in [5.41, 5.74) is 3.89. The highest BCUT2D eigenvalue weighted by Gasteiger charge is 2.37. The molecule has 0 unspecified atom stereocenters. The van der Waals surface area contributed by atoms with Crippen molar-refractivity contribution in [2.45, 2.75) is 18.1 Å². The van der Waals surface area contributed by atoms with Crippen molar-refractivity contribution in [1.29, 1.82) is 0 Å². The predicted molar refractivity (Wildman–Crippen MR) is 66.0 cm³/mol. The van der Waals surface area contributed by atoms with Gasteiger partial charge in [0.1, 0.15) is 6.04 Å². The van der Waals surface area contributed by atoms with Crippen LogP contribution in [0.15, 0.2) is 0 Å². The van der Waals surface area contributed by atoms with E-state index >= 15 is 0 Å². The van der Waals surface area contributed by atoms with Gasteiger partial charge in [-0.25, -0.2) is 4.79 Å². The lowest BCUT2D eigenvalue weighted by Gasteiger charge is -2.28. The molecule has 94 valence electrons. The second-order valence-electron chi connectivity index (χ2n) is 3.24. The van der Waals surface area contributed by atoms with Crippen LogP contribution in [0.4, 0.5) is 0 Å². The molecule has 0 aliphatic carbocycles. The number of carbonyl (C=O) groups is 2. The Labute approximate surface area is 103 Å². The minimum absolute atomic E-state index is 0.0270. The Morgan fingerprint density at radius 3 is 2.44 bits per heavy atom. The topological polar surface area (TPSA) is 113 Å². The summed E-state index contributed by atoms with van der Waals surface area (Å²) in [5.74, 6) is -1.94. The maximum atomic E-state index is 11.0. The molecule has 0 saturated carbocycles. The van der Waals surface area contributed by atoms with Crippen LogP contribution in [-0.2, 0) is 9.59 Å². The number of thiol groups is 1. The molecule has 0 heterocycles. The molecule has 8 heteroatoms. The summed E-state index contributed by atoms with van der Waals surface area (Å²) in [6.07, 6.45) is 1.95. The van der Waals surface area contributed by atoms with Crippen LogP contribution in [0.2, 0.25) is 0 Å². The Morgan fingerprint density at radius 2 is 2.12 bits per heavy atom. The number of rotatable bonds is 8. The van der Waals surface area contributed by atoms with Crippen molar-refractivity contribution in [1.82, 2.24) is 5.32 Å². The van der Waals surface area contributed by atoms with E-state index in [0.717, 1.165) is 0 Å². The molecule has 0 aromatic rings. The summed E-state index contributed by atoms with van der Waals surface area (Å²) in [7, 11) is 0. The first-order valence-electron chi connectivity index (χ1n) is 4.50. The largest absolute Gasteiger partial charge is 0.480 e. The van der Waals surface area contributed by atoms with Gasteiger partial charge in [0.2, 0.25) is 0 Å². The van der Waals surface area contributed by atoms with Crippen LogP contribution >= 0.6 is 24.4 Å². The molecule has 0 aromatic heterocycles. The third-order valence-electron chi connectivity index (χ3n) is 1.99. The summed E-state index contributed by atoms with van der Waals surface area (Å²) in [6, 6.07) is -1.08. The Kier molecular flexibility index (Phi) is 6.81. The van der Waals surface area contributed by atoms with Gasteiger partial charge in [-0.1, -0.05) is 0 Å². The molecule has 0 amide bonds. The SMILES string of the molecule is CSCC[C@@](N)(N[C@@H](CS)C(=O)O)C(=O)O. The second-order valence-corrected chi connectivity index (χ2v) is 4.59. The number of nitrogens with two attached hydrogens (primary N) is 1. The van der Waals surface area contributed by atoms with Crippen molar-refractivity contribution in [2.24, 2.45) is 5.73 Å². The molecular weight excluding hydrogens is 252 g/mol. The van der Waals surface area contributed by atoms with Gasteiger partial charge in [-0.05, 0) is 18.4 Å². The lowest BCUT2D eigenvalue weighted by Crippen LogP contribution is -2.64. The summed E-state index contributed by atoms with van der Waals surface area (Å²) in [4.78, 5) is 21.7. The van der Waals surface area contributed by atoms with E-state index in [9.17, 15) is 9.59 Å². The van der Waals surface area contributed by atoms with E-state index in [2.05, 4.69) is 17.9 Å². The molecule has 0 spiro atoms. The number of carboxylic acid groups (broad SMARTS) is 2. The van der Waals surface area contributed by atoms with Crippen molar-refractivity contribution in [3.05, 3.63) is 0 Å². The Morgan fingerprint density at radius 1 is 1.56 bits per heavy atom. The minimum atomic E-state index is -1.73. The second kappa shape index (κ2) is 7.00. The van der Waals surface area contributed by atoms with Crippen molar-refractivity contribution >= 4 is 36.3 Å². The van der Waals surface area contributed by atoms with Gasteiger partial charge in [0.25, 0.3) is 0 Å². The number of aliphatic carboxylic acids is 2. The average molecular weight is 268 g/mol. The van der Waals surface area contributed by atoms with Crippen molar-refractivity contribution in [3.8, 4) is 0 Å². The maximum absolute atomic E-state index is 11.0. The molecule has 0 rings (SSSR count). The van der Waals surface area contributed by atoms with Crippen LogP contribution in [0.25, 0.3) is 0 Å². The minimum Gasteiger partial charge on any atom is -0.480 e. The highest BCUT2D eigenvalue weighted by atomic mass is 32.2. The normalized spacial score (nSPS) is 16.4. The van der Waals surface area contributed by atoms with E-state index in [-0.39, 0.29) is 12.2 Å². The summed E-state index contributed by atoms with van der Waals surface area (Å²) >= 11 is 5.27. The first-order valence-corrected chi connectivity index (χ1v) is 6.52. The molecule has 6 nitrogen and oxygen atoms in total. The number of carboxylic acids is 2. The van der Waals surface area contributed by atoms with E-state index in [1.54, 1.807) is 0 Å². The molecule has 0 aromatic carbocycles. The standard InChI is InChI=1S/C8H16N2O4S2/c1-16-3-2-8(9,7(13)14)10-5(4-15)6(11)12/h5,10,15H,2-4,9H2,1H3,(H,11,12)(H,13,14)/t5-,8+/m0/s1. The van der Waals surface area contributed by atoms with Crippen LogP contribution in [0.1, 0.15) is 6.42 Å². The zero-order valence-electron chi connectivity index (χ0n) is 8.84. The number of thioether (sulfide) groups is 1. The Balaban J connectivity index is 4.65. The fraction of sp³-hybridized carbons (Fsp3) is 0.750. The lowest BCUT2D eigenvalue weighted by atomic mass is 10.1. The van der Waals surface area contributed by atoms with Crippen molar-refractivity contribution in [2.75, 3.05) is 17.8 Å². The summed E-state index contributed by atoms with van der Waals surface area (Å²) < 4.78 is 0. The molecule has 16 heavy (non-hydrogen) atoms. The fourth-order valence-electron chi connectivity index (χ4n) is 1.00. The molecule has 0 aliphatic heterocycles. The highest BCUT2D eigenvalue weighted by molar-refractivity contribution is 7.98. The van der Waals surface area contributed by atoms with Crippen LogP contribution < -0.4 is 11.1 Å². The molecular formula is C8H16N2O4S2. The zero-order chi connectivity index (χ0) is 12.8. The summed E-state index contributed by atoms with van der Waals surface area (Å²) in [5, 5.41) is 20.2. The first-order chi connectivity index (χ1) is 7.37. The fourth-order valence-corrected chi connectivity index (χ4v) is 1.77. The molecule has 0 radical (unpaired) electrons. The quantitative estimate of drug-likeness (QED) is 0.296. The monoisotopic (exact) mass is 268 g/mol. The molecule has 0 fully saturated rings. The Hall–Kier alpha value is -0.440. The van der Waals surface area contributed by atoms with Crippen molar-refractivity contribution in [3.63, 3.8) is 0 Å². The molecule has 0 bridgehead atoms. The Bertz CT molecular complexity index is 264. The number of hydrogen-bond acceptors (Lipinski definition) is 6. The third-order valence-corrected chi connectivity index (χ3v) is 2.97. The van der Waals surface area contributed by atoms with Gasteiger partial charge < -0.3 is 15.9 Å². The van der Waals surface area contributed by atoms with Crippen LogP contribution in [0.5, 0.6) is 0 Å². The number of nitrogens with one attached hydrogen (secondary N) is 1. The number of hydrogen-bond donors (Lipinski definition) is 5. The van der Waals surface area contributed by atoms with E-state index in [0.29, 0.717) is 5.75 Å². The van der Waals surface area contributed by atoms with Gasteiger partial charge in [-0.3, -0.25) is 10.1 Å². The summed E-state index contributed by atoms with van der Waals surface area (Å²) in [6.45, 7) is 0. The van der Waals surface area contributed by atoms with Gasteiger partial charge in [-0.2, -0.15) is 24.4 Å². The van der Waals surface area contributed by atoms with E-state index in [1.165, 1.54) is 11.8 Å². The average Bonchev–Trinajstić information content (AvgIpc) is 2.22. The lowest BCUT2D eigenvalue weighted by molar-refractivity contribution is -0.147. The smallest absolute Gasteiger partial charge is 0.338 e. The zero-order valence-corrected chi connectivity index (χ0v) is 10.6. The van der Waals surface area contributed by atoms with E-state index in [1.807, 2.05) is 6.26 Å². The van der Waals surface area contributed by atoms with Crippen LogP contribution in [-0.4, -0.2) is 51.6 Å². The predicted octanol–water partition coefficient (Wildman–Crippen LogP) is -0.548. The van der Waals surface area contributed by atoms with Gasteiger partial charge in [-0.15, -0.1) is 0 Å². The van der Waals surface area contributed by atoms with E-state index in [4.69, 9.17) is 15.9 Å². The maximum Gasteiger partial charge on any atom is 0.338 e. The van der Waals surface area contributed by atoms with Gasteiger partial charge in [0, 0.05) is 5.75 Å². The van der Waals surface area contributed by atoms with Crippen molar-refractivity contribution < 1.29 is 19.8 Å². The van der Waals surface area contributed by atoms with E-state index < -0.39 is 23.6 Å².